The van der Waals surface area contributed by atoms with E-state index in [4.69, 9.17) is 0 Å². The molecule has 3 rings (SSSR count). The molecule has 0 aromatic heterocycles. The second-order valence-corrected chi connectivity index (χ2v) is 6.59. The van der Waals surface area contributed by atoms with Crippen molar-refractivity contribution in [2.75, 3.05) is 33.2 Å². The minimum atomic E-state index is -0.313. The molecule has 2 aromatic carbocycles. The summed E-state index contributed by atoms with van der Waals surface area (Å²) in [5, 5.41) is 3.29. The number of benzene rings is 2. The lowest BCUT2D eigenvalue weighted by molar-refractivity contribution is -0.132. The Bertz CT molecular complexity index is 768. The number of carbonyl (C=O) groups is 1. The van der Waals surface area contributed by atoms with Gasteiger partial charge in [-0.05, 0) is 23.8 Å². The topological polar surface area (TPSA) is 35.6 Å². The first-order chi connectivity index (χ1) is 12.5. The summed E-state index contributed by atoms with van der Waals surface area (Å²) in [6.07, 6.45) is 0. The molecule has 0 saturated carbocycles. The summed E-state index contributed by atoms with van der Waals surface area (Å²) in [6, 6.07) is 12.9. The van der Waals surface area contributed by atoms with Crippen molar-refractivity contribution in [3.63, 3.8) is 0 Å². The van der Waals surface area contributed by atoms with Gasteiger partial charge in [-0.25, -0.2) is 8.78 Å². The molecule has 26 heavy (non-hydrogen) atoms. The largest absolute Gasteiger partial charge is 0.340 e. The van der Waals surface area contributed by atoms with Gasteiger partial charge in [0.1, 0.15) is 11.6 Å². The summed E-state index contributed by atoms with van der Waals surface area (Å²) in [4.78, 5) is 16.2. The number of nitrogens with zero attached hydrogens (tertiary/aromatic N) is 2. The zero-order valence-corrected chi connectivity index (χ0v) is 14.8. The number of amides is 1. The molecule has 138 valence electrons. The van der Waals surface area contributed by atoms with Crippen LogP contribution >= 0.6 is 0 Å². The van der Waals surface area contributed by atoms with Crippen LogP contribution in [0.15, 0.2) is 48.5 Å². The molecule has 1 atom stereocenters. The lowest BCUT2D eigenvalue weighted by Gasteiger charge is -2.36. The smallest absolute Gasteiger partial charge is 0.236 e. The maximum atomic E-state index is 13.8. The highest BCUT2D eigenvalue weighted by molar-refractivity contribution is 5.78. The van der Waals surface area contributed by atoms with Crippen LogP contribution in [-0.2, 0) is 11.3 Å². The second-order valence-electron chi connectivity index (χ2n) is 6.59. The number of piperazine rings is 1. The number of likely N-dealkylation sites (N-methyl/N-ethyl adjacent to an activating group) is 1. The summed E-state index contributed by atoms with van der Waals surface area (Å²) < 4.78 is 27.4. The molecule has 2 aromatic rings. The number of hydrogen-bond donors (Lipinski definition) is 1. The van der Waals surface area contributed by atoms with Crippen molar-refractivity contribution in [3.05, 3.63) is 71.3 Å². The summed E-state index contributed by atoms with van der Waals surface area (Å²) >= 11 is 0. The van der Waals surface area contributed by atoms with E-state index >= 15 is 0 Å². The van der Waals surface area contributed by atoms with Crippen molar-refractivity contribution in [2.24, 2.45) is 0 Å². The van der Waals surface area contributed by atoms with E-state index in [-0.39, 0.29) is 36.7 Å². The van der Waals surface area contributed by atoms with Crippen LogP contribution in [0.1, 0.15) is 17.2 Å². The van der Waals surface area contributed by atoms with E-state index in [1.54, 1.807) is 31.3 Å². The van der Waals surface area contributed by atoms with Gasteiger partial charge >= 0.3 is 0 Å². The maximum Gasteiger partial charge on any atom is 0.236 e. The van der Waals surface area contributed by atoms with Crippen molar-refractivity contribution in [1.82, 2.24) is 15.1 Å². The third-order valence-corrected chi connectivity index (χ3v) is 4.72. The first-order valence-corrected chi connectivity index (χ1v) is 8.72. The van der Waals surface area contributed by atoms with Gasteiger partial charge in [0, 0.05) is 44.8 Å². The molecule has 1 saturated heterocycles. The molecule has 0 spiro atoms. The van der Waals surface area contributed by atoms with E-state index in [0.717, 1.165) is 12.1 Å². The highest BCUT2D eigenvalue weighted by Crippen LogP contribution is 2.23. The van der Waals surface area contributed by atoms with Gasteiger partial charge in [0.05, 0.1) is 6.54 Å². The van der Waals surface area contributed by atoms with E-state index < -0.39 is 0 Å². The standard InChI is InChI=1S/C20H23F2N3O/c1-24(13-16-5-2-3-8-18(16)22)20(26)14-25-10-9-23-12-19(25)15-6-4-7-17(21)11-15/h2-8,11,19,23H,9-10,12-14H2,1H3. The van der Waals surface area contributed by atoms with Gasteiger partial charge < -0.3 is 10.2 Å². The normalized spacial score (nSPS) is 17.9. The van der Waals surface area contributed by atoms with E-state index in [1.807, 2.05) is 11.0 Å². The van der Waals surface area contributed by atoms with Gasteiger partial charge in [-0.3, -0.25) is 9.69 Å². The van der Waals surface area contributed by atoms with E-state index in [9.17, 15) is 13.6 Å². The minimum Gasteiger partial charge on any atom is -0.340 e. The van der Waals surface area contributed by atoms with Crippen molar-refractivity contribution < 1.29 is 13.6 Å². The summed E-state index contributed by atoms with van der Waals surface area (Å²) in [5.41, 5.74) is 1.34. The molecule has 1 aliphatic rings. The van der Waals surface area contributed by atoms with Gasteiger partial charge in [0.2, 0.25) is 5.91 Å². The first kappa shape index (κ1) is 18.5. The molecular weight excluding hydrogens is 336 g/mol. The van der Waals surface area contributed by atoms with Gasteiger partial charge in [0.15, 0.2) is 0 Å². The molecule has 0 radical (unpaired) electrons. The fraction of sp³-hybridized carbons (Fsp3) is 0.350. The molecular formula is C20H23F2N3O. The molecule has 1 fully saturated rings. The highest BCUT2D eigenvalue weighted by atomic mass is 19.1. The van der Waals surface area contributed by atoms with E-state index in [2.05, 4.69) is 5.32 Å². The van der Waals surface area contributed by atoms with Crippen molar-refractivity contribution in [2.45, 2.75) is 12.6 Å². The number of rotatable bonds is 5. The Labute approximate surface area is 152 Å². The molecule has 4 nitrogen and oxygen atoms in total. The zero-order chi connectivity index (χ0) is 18.5. The van der Waals surface area contributed by atoms with Gasteiger partial charge in [0.25, 0.3) is 0 Å². The minimum absolute atomic E-state index is 0.0646. The molecule has 0 aliphatic carbocycles. The quantitative estimate of drug-likeness (QED) is 0.891. The van der Waals surface area contributed by atoms with Crippen LogP contribution in [0.2, 0.25) is 0 Å². The molecule has 1 aliphatic heterocycles. The Kier molecular flexibility index (Phi) is 5.96. The summed E-state index contributed by atoms with van der Waals surface area (Å²) in [6.45, 7) is 2.57. The Morgan fingerprint density at radius 2 is 2.04 bits per heavy atom. The molecule has 1 heterocycles. The first-order valence-electron chi connectivity index (χ1n) is 8.72. The Balaban J connectivity index is 1.67. The van der Waals surface area contributed by atoms with Crippen LogP contribution in [0.4, 0.5) is 8.78 Å². The fourth-order valence-corrected chi connectivity index (χ4v) is 3.24. The monoisotopic (exact) mass is 359 g/mol. The van der Waals surface area contributed by atoms with Crippen molar-refractivity contribution >= 4 is 5.91 Å². The number of halogens is 2. The average Bonchev–Trinajstić information content (AvgIpc) is 2.64. The molecule has 0 bridgehead atoms. The highest BCUT2D eigenvalue weighted by Gasteiger charge is 2.27. The van der Waals surface area contributed by atoms with Crippen LogP contribution in [0.3, 0.4) is 0 Å². The Hall–Kier alpha value is -2.31. The predicted molar refractivity (Wildman–Crippen MR) is 96.5 cm³/mol. The average molecular weight is 359 g/mol. The van der Waals surface area contributed by atoms with Crippen LogP contribution in [0, 0.1) is 11.6 Å². The number of carbonyl (C=O) groups excluding carboxylic acids is 1. The third-order valence-electron chi connectivity index (χ3n) is 4.72. The van der Waals surface area contributed by atoms with E-state index in [0.29, 0.717) is 18.7 Å². The summed E-state index contributed by atoms with van der Waals surface area (Å²) in [7, 11) is 1.67. The van der Waals surface area contributed by atoms with Gasteiger partial charge in [-0.1, -0.05) is 30.3 Å². The maximum absolute atomic E-state index is 13.8. The second kappa shape index (κ2) is 8.38. The predicted octanol–water partition coefficient (Wildman–Crippen LogP) is 2.57. The molecule has 1 unspecified atom stereocenters. The summed E-state index contributed by atoms with van der Waals surface area (Å²) in [5.74, 6) is -0.681. The van der Waals surface area contributed by atoms with Crippen LogP contribution in [0.5, 0.6) is 0 Å². The Morgan fingerprint density at radius 3 is 2.81 bits per heavy atom. The lowest BCUT2D eigenvalue weighted by atomic mass is 10.0. The van der Waals surface area contributed by atoms with Crippen molar-refractivity contribution in [1.29, 1.82) is 0 Å². The molecule has 1 N–H and O–H groups in total. The van der Waals surface area contributed by atoms with Crippen molar-refractivity contribution in [3.8, 4) is 0 Å². The van der Waals surface area contributed by atoms with Crippen LogP contribution in [-0.4, -0.2) is 48.9 Å². The van der Waals surface area contributed by atoms with Gasteiger partial charge in [-0.15, -0.1) is 0 Å². The SMILES string of the molecule is CN(Cc1ccccc1F)C(=O)CN1CCNCC1c1cccc(F)c1. The van der Waals surface area contributed by atoms with Gasteiger partial charge in [-0.2, -0.15) is 0 Å². The molecule has 6 heteroatoms. The fourth-order valence-electron chi connectivity index (χ4n) is 3.24. The lowest BCUT2D eigenvalue weighted by Crippen LogP contribution is -2.49. The zero-order valence-electron chi connectivity index (χ0n) is 14.8. The Morgan fingerprint density at radius 1 is 1.23 bits per heavy atom. The third kappa shape index (κ3) is 4.45. The van der Waals surface area contributed by atoms with E-state index in [1.165, 1.54) is 23.1 Å². The number of nitrogens with one attached hydrogen (secondary N) is 1. The number of hydrogen-bond acceptors (Lipinski definition) is 3. The molecule has 1 amide bonds. The van der Waals surface area contributed by atoms with Crippen LogP contribution in [0.25, 0.3) is 0 Å². The van der Waals surface area contributed by atoms with Crippen LogP contribution < -0.4 is 5.32 Å².